The minimum atomic E-state index is -1.07. The van der Waals surface area contributed by atoms with Crippen molar-refractivity contribution in [2.24, 2.45) is 7.05 Å². The van der Waals surface area contributed by atoms with Crippen molar-refractivity contribution >= 4 is 5.97 Å². The molecule has 1 rings (SSSR count). The summed E-state index contributed by atoms with van der Waals surface area (Å²) < 4.78 is 1.44. The molecule has 0 bridgehead atoms. The quantitative estimate of drug-likeness (QED) is 0.715. The molecule has 0 atom stereocenters. The number of aromatic nitrogens is 2. The van der Waals surface area contributed by atoms with E-state index >= 15 is 0 Å². The first-order valence-electron chi connectivity index (χ1n) is 4.80. The number of carboxylic acids is 1. The highest BCUT2D eigenvalue weighted by Gasteiger charge is 2.17. The van der Waals surface area contributed by atoms with E-state index in [2.05, 4.69) is 5.10 Å². The summed E-state index contributed by atoms with van der Waals surface area (Å²) in [6.07, 6.45) is 1.26. The van der Waals surface area contributed by atoms with Gasteiger partial charge in [-0.3, -0.25) is 9.58 Å². The van der Waals surface area contributed by atoms with Crippen LogP contribution in [0.15, 0.2) is 6.20 Å². The number of nitriles is 2. The Kier molecular flexibility index (Phi) is 4.21. The van der Waals surface area contributed by atoms with Crippen LogP contribution < -0.4 is 0 Å². The molecular weight excluding hydrogens is 222 g/mol. The van der Waals surface area contributed by atoms with Gasteiger partial charge >= 0.3 is 5.97 Å². The van der Waals surface area contributed by atoms with Crippen LogP contribution in [0.2, 0.25) is 0 Å². The van der Waals surface area contributed by atoms with Crippen molar-refractivity contribution in [3.8, 4) is 12.1 Å². The second-order valence-electron chi connectivity index (χ2n) is 3.40. The highest BCUT2D eigenvalue weighted by molar-refractivity contribution is 5.88. The topological polar surface area (TPSA) is 106 Å². The molecule has 0 aliphatic rings. The first-order valence-corrected chi connectivity index (χ1v) is 4.80. The molecule has 0 fully saturated rings. The highest BCUT2D eigenvalue weighted by Crippen LogP contribution is 2.10. The number of aromatic carboxylic acids is 1. The van der Waals surface area contributed by atoms with Crippen molar-refractivity contribution in [2.75, 3.05) is 13.1 Å². The van der Waals surface area contributed by atoms with E-state index in [1.807, 2.05) is 12.1 Å². The van der Waals surface area contributed by atoms with E-state index < -0.39 is 5.97 Å². The minimum absolute atomic E-state index is 0.0673. The van der Waals surface area contributed by atoms with Gasteiger partial charge in [-0.2, -0.15) is 15.6 Å². The summed E-state index contributed by atoms with van der Waals surface area (Å²) in [4.78, 5) is 12.5. The summed E-state index contributed by atoms with van der Waals surface area (Å²) >= 11 is 0. The van der Waals surface area contributed by atoms with Gasteiger partial charge in [0.1, 0.15) is 5.56 Å². The zero-order valence-electron chi connectivity index (χ0n) is 9.29. The van der Waals surface area contributed by atoms with Gasteiger partial charge in [0, 0.05) is 13.6 Å². The second kappa shape index (κ2) is 5.64. The summed E-state index contributed by atoms with van der Waals surface area (Å²) in [6.45, 7) is 0.342. The molecule has 0 saturated heterocycles. The molecule has 1 aromatic rings. The number of rotatable bonds is 5. The lowest BCUT2D eigenvalue weighted by Crippen LogP contribution is -2.26. The first kappa shape index (κ1) is 12.7. The molecule has 0 spiro atoms. The lowest BCUT2D eigenvalue weighted by Gasteiger charge is -2.15. The Hall–Kier alpha value is -2.38. The number of carbonyl (C=O) groups is 1. The molecular formula is C10H11N5O2. The SMILES string of the molecule is Cn1ncc(C(=O)O)c1CN(CC#N)CC#N. The predicted molar refractivity (Wildman–Crippen MR) is 56.7 cm³/mol. The fourth-order valence-electron chi connectivity index (χ4n) is 1.41. The van der Waals surface area contributed by atoms with Crippen molar-refractivity contribution < 1.29 is 9.90 Å². The Morgan fingerprint density at radius 1 is 1.53 bits per heavy atom. The molecule has 0 amide bonds. The van der Waals surface area contributed by atoms with Gasteiger partial charge in [-0.05, 0) is 0 Å². The number of nitrogens with zero attached hydrogens (tertiary/aromatic N) is 5. The number of hydrogen-bond acceptors (Lipinski definition) is 5. The van der Waals surface area contributed by atoms with Gasteiger partial charge in [-0.1, -0.05) is 0 Å². The van der Waals surface area contributed by atoms with Crippen LogP contribution in [-0.4, -0.2) is 38.8 Å². The average molecular weight is 233 g/mol. The van der Waals surface area contributed by atoms with E-state index in [0.717, 1.165) is 0 Å². The van der Waals surface area contributed by atoms with E-state index in [-0.39, 0.29) is 25.2 Å². The maximum absolute atomic E-state index is 10.9. The van der Waals surface area contributed by atoms with Gasteiger partial charge in [0.05, 0.1) is 37.1 Å². The maximum Gasteiger partial charge on any atom is 0.339 e. The van der Waals surface area contributed by atoms with E-state index in [0.29, 0.717) is 5.69 Å². The summed E-state index contributed by atoms with van der Waals surface area (Å²) in [7, 11) is 1.62. The van der Waals surface area contributed by atoms with Crippen molar-refractivity contribution in [3.05, 3.63) is 17.5 Å². The summed E-state index contributed by atoms with van der Waals surface area (Å²) in [6, 6.07) is 3.86. The minimum Gasteiger partial charge on any atom is -0.478 e. The third-order valence-electron chi connectivity index (χ3n) is 2.25. The smallest absolute Gasteiger partial charge is 0.339 e. The monoisotopic (exact) mass is 233 g/mol. The highest BCUT2D eigenvalue weighted by atomic mass is 16.4. The zero-order valence-corrected chi connectivity index (χ0v) is 9.29. The third-order valence-corrected chi connectivity index (χ3v) is 2.25. The molecule has 7 nitrogen and oxygen atoms in total. The van der Waals surface area contributed by atoms with Crippen LogP contribution in [0.3, 0.4) is 0 Å². The molecule has 0 radical (unpaired) electrons. The molecule has 0 aliphatic carbocycles. The van der Waals surface area contributed by atoms with Crippen LogP contribution in [0.25, 0.3) is 0 Å². The molecule has 1 aromatic heterocycles. The second-order valence-corrected chi connectivity index (χ2v) is 3.40. The van der Waals surface area contributed by atoms with Crippen LogP contribution >= 0.6 is 0 Å². The van der Waals surface area contributed by atoms with Gasteiger partial charge in [-0.15, -0.1) is 0 Å². The van der Waals surface area contributed by atoms with Crippen molar-refractivity contribution in [2.45, 2.75) is 6.54 Å². The average Bonchev–Trinajstić information content (AvgIpc) is 2.61. The lowest BCUT2D eigenvalue weighted by molar-refractivity contribution is 0.0694. The van der Waals surface area contributed by atoms with Crippen LogP contribution in [0.1, 0.15) is 16.1 Å². The molecule has 0 aliphatic heterocycles. The van der Waals surface area contributed by atoms with Crippen LogP contribution in [0, 0.1) is 22.7 Å². The van der Waals surface area contributed by atoms with E-state index in [1.54, 1.807) is 11.9 Å². The van der Waals surface area contributed by atoms with Crippen molar-refractivity contribution in [3.63, 3.8) is 0 Å². The Balaban J connectivity index is 2.93. The van der Waals surface area contributed by atoms with Gasteiger partial charge in [0.2, 0.25) is 0 Å². The van der Waals surface area contributed by atoms with Gasteiger partial charge < -0.3 is 5.11 Å². The Morgan fingerprint density at radius 2 is 2.12 bits per heavy atom. The lowest BCUT2D eigenvalue weighted by atomic mass is 10.2. The Morgan fingerprint density at radius 3 is 2.59 bits per heavy atom. The third kappa shape index (κ3) is 3.03. The predicted octanol–water partition coefficient (Wildman–Crippen LogP) is -0.0325. The first-order chi connectivity index (χ1) is 8.10. The number of hydrogen-bond donors (Lipinski definition) is 1. The van der Waals surface area contributed by atoms with Crippen LogP contribution in [-0.2, 0) is 13.6 Å². The molecule has 0 aromatic carbocycles. The van der Waals surface area contributed by atoms with Gasteiger partial charge in [-0.25, -0.2) is 4.79 Å². The van der Waals surface area contributed by atoms with E-state index in [1.165, 1.54) is 10.9 Å². The summed E-state index contributed by atoms with van der Waals surface area (Å²) in [5.74, 6) is -1.07. The standard InChI is InChI=1S/C10H11N5O2/c1-14-9(8(6-13-14)10(16)17)7-15(4-2-11)5-3-12/h6H,4-5,7H2,1H3,(H,16,17). The summed E-state index contributed by atoms with van der Waals surface area (Å²) in [5.41, 5.74) is 0.566. The van der Waals surface area contributed by atoms with Crippen LogP contribution in [0.4, 0.5) is 0 Å². The zero-order chi connectivity index (χ0) is 12.8. The van der Waals surface area contributed by atoms with Crippen molar-refractivity contribution in [1.82, 2.24) is 14.7 Å². The van der Waals surface area contributed by atoms with E-state index in [4.69, 9.17) is 15.6 Å². The van der Waals surface area contributed by atoms with E-state index in [9.17, 15) is 4.79 Å². The molecule has 1 N–H and O–H groups in total. The molecule has 88 valence electrons. The Labute approximate surface area is 98.1 Å². The number of carboxylic acid groups (broad SMARTS) is 1. The Bertz CT molecular complexity index is 478. The fourth-order valence-corrected chi connectivity index (χ4v) is 1.41. The largest absolute Gasteiger partial charge is 0.478 e. The molecule has 17 heavy (non-hydrogen) atoms. The molecule has 7 heteroatoms. The van der Waals surface area contributed by atoms with Gasteiger partial charge in [0.25, 0.3) is 0 Å². The molecule has 0 saturated carbocycles. The molecule has 1 heterocycles. The molecule has 0 unspecified atom stereocenters. The van der Waals surface area contributed by atoms with Crippen molar-refractivity contribution in [1.29, 1.82) is 10.5 Å². The summed E-state index contributed by atoms with van der Waals surface area (Å²) in [5, 5.41) is 30.0. The fraction of sp³-hybridized carbons (Fsp3) is 0.400. The number of aryl methyl sites for hydroxylation is 1. The normalized spacial score (nSPS) is 9.88. The maximum atomic E-state index is 10.9. The van der Waals surface area contributed by atoms with Crippen LogP contribution in [0.5, 0.6) is 0 Å². The van der Waals surface area contributed by atoms with Gasteiger partial charge in [0.15, 0.2) is 0 Å².